The van der Waals surface area contributed by atoms with Crippen molar-refractivity contribution in [3.63, 3.8) is 0 Å². The van der Waals surface area contributed by atoms with Crippen LogP contribution in [0.25, 0.3) is 0 Å². The van der Waals surface area contributed by atoms with E-state index < -0.39 is 17.5 Å². The van der Waals surface area contributed by atoms with Crippen molar-refractivity contribution >= 4 is 0 Å². The first-order valence-corrected chi connectivity index (χ1v) is 6.92. The molecule has 2 rings (SSSR count). The third-order valence-electron chi connectivity index (χ3n) is 3.68. The zero-order valence-electron chi connectivity index (χ0n) is 11.8. The third-order valence-corrected chi connectivity index (χ3v) is 3.68. The fraction of sp³-hybridized carbons (Fsp3) is 0.600. The van der Waals surface area contributed by atoms with Gasteiger partial charge >= 0.3 is 0 Å². The first-order valence-electron chi connectivity index (χ1n) is 6.92. The second-order valence-corrected chi connectivity index (χ2v) is 5.63. The fourth-order valence-corrected chi connectivity index (χ4v) is 2.45. The second-order valence-electron chi connectivity index (χ2n) is 5.63. The molecule has 1 aromatic rings. The highest BCUT2D eigenvalue weighted by atomic mass is 19.2. The lowest BCUT2D eigenvalue weighted by Gasteiger charge is -2.29. The lowest BCUT2D eigenvalue weighted by molar-refractivity contribution is 0.148. The number of hydrogen-bond donors (Lipinski definition) is 0. The van der Waals surface area contributed by atoms with Gasteiger partial charge in [0, 0.05) is 25.7 Å². The van der Waals surface area contributed by atoms with Gasteiger partial charge in [0.25, 0.3) is 0 Å². The fourth-order valence-electron chi connectivity index (χ4n) is 2.45. The van der Waals surface area contributed by atoms with Crippen LogP contribution in [0.5, 0.6) is 0 Å². The van der Waals surface area contributed by atoms with E-state index in [9.17, 15) is 13.2 Å². The van der Waals surface area contributed by atoms with Gasteiger partial charge in [0.2, 0.25) is 0 Å². The molecule has 0 aromatic heterocycles. The topological polar surface area (TPSA) is 12.5 Å². The van der Waals surface area contributed by atoms with E-state index in [-0.39, 0.29) is 6.04 Å². The van der Waals surface area contributed by atoms with Crippen LogP contribution in [0.4, 0.5) is 13.2 Å². The van der Waals surface area contributed by atoms with Crippen molar-refractivity contribution < 1.29 is 17.9 Å². The molecule has 0 amide bonds. The van der Waals surface area contributed by atoms with Crippen molar-refractivity contribution in [2.75, 3.05) is 19.8 Å². The van der Waals surface area contributed by atoms with Crippen LogP contribution in [0.3, 0.4) is 0 Å². The van der Waals surface area contributed by atoms with Crippen molar-refractivity contribution in [1.82, 2.24) is 4.90 Å². The molecule has 1 aliphatic rings. The van der Waals surface area contributed by atoms with Crippen LogP contribution in [0.1, 0.15) is 25.8 Å². The number of ether oxygens (including phenoxy) is 1. The van der Waals surface area contributed by atoms with Gasteiger partial charge < -0.3 is 4.74 Å². The lowest BCUT2D eigenvalue weighted by atomic mass is 10.1. The van der Waals surface area contributed by atoms with Gasteiger partial charge in [-0.15, -0.1) is 0 Å². The molecule has 0 saturated carbocycles. The Morgan fingerprint density at radius 2 is 1.90 bits per heavy atom. The minimum Gasteiger partial charge on any atom is -0.381 e. The van der Waals surface area contributed by atoms with Crippen LogP contribution in [0.15, 0.2) is 12.1 Å². The Hall–Kier alpha value is -1.07. The molecule has 1 unspecified atom stereocenters. The molecule has 1 heterocycles. The number of rotatable bonds is 5. The Balaban J connectivity index is 2.07. The first-order chi connectivity index (χ1) is 9.47. The van der Waals surface area contributed by atoms with E-state index in [1.165, 1.54) is 0 Å². The van der Waals surface area contributed by atoms with E-state index in [1.54, 1.807) is 0 Å². The zero-order chi connectivity index (χ0) is 14.7. The van der Waals surface area contributed by atoms with Gasteiger partial charge in [0.05, 0.1) is 6.61 Å². The van der Waals surface area contributed by atoms with E-state index >= 15 is 0 Å². The van der Waals surface area contributed by atoms with Crippen LogP contribution >= 0.6 is 0 Å². The Kier molecular flexibility index (Phi) is 5.05. The molecule has 1 atom stereocenters. The lowest BCUT2D eigenvalue weighted by Crippen LogP contribution is -2.35. The van der Waals surface area contributed by atoms with Crippen molar-refractivity contribution in [3.8, 4) is 0 Å². The normalized spacial score (nSPS) is 19.2. The van der Waals surface area contributed by atoms with Gasteiger partial charge in [0.1, 0.15) is 0 Å². The summed E-state index contributed by atoms with van der Waals surface area (Å²) < 4.78 is 44.8. The minimum absolute atomic E-state index is 0.242. The maximum atomic E-state index is 13.2. The predicted octanol–water partition coefficient (Wildman–Crippen LogP) is 3.35. The van der Waals surface area contributed by atoms with Gasteiger partial charge in [0.15, 0.2) is 17.5 Å². The molecule has 1 fully saturated rings. The summed E-state index contributed by atoms with van der Waals surface area (Å²) in [7, 11) is 0. The molecule has 20 heavy (non-hydrogen) atoms. The highest BCUT2D eigenvalue weighted by molar-refractivity contribution is 5.19. The first kappa shape index (κ1) is 15.3. The summed E-state index contributed by atoms with van der Waals surface area (Å²) in [4.78, 5) is 2.13. The molecule has 5 heteroatoms. The Morgan fingerprint density at radius 1 is 1.25 bits per heavy atom. The molecule has 0 N–H and O–H groups in total. The van der Waals surface area contributed by atoms with E-state index in [0.717, 1.165) is 38.3 Å². The van der Waals surface area contributed by atoms with E-state index in [1.807, 2.05) is 13.8 Å². The quantitative estimate of drug-likeness (QED) is 0.770. The molecule has 2 nitrogen and oxygen atoms in total. The number of benzene rings is 1. The molecule has 112 valence electrons. The summed E-state index contributed by atoms with van der Waals surface area (Å²) >= 11 is 0. The summed E-state index contributed by atoms with van der Waals surface area (Å²) in [6.45, 7) is 6.80. The van der Waals surface area contributed by atoms with Crippen LogP contribution in [0, 0.1) is 23.4 Å². The average molecular weight is 287 g/mol. The van der Waals surface area contributed by atoms with Gasteiger partial charge in [-0.05, 0) is 43.9 Å². The van der Waals surface area contributed by atoms with Crippen LogP contribution < -0.4 is 0 Å². The Labute approximate surface area is 117 Å². The summed E-state index contributed by atoms with van der Waals surface area (Å²) in [5, 5.41) is 0. The molecule has 0 bridgehead atoms. The maximum Gasteiger partial charge on any atom is 0.194 e. The van der Waals surface area contributed by atoms with Gasteiger partial charge in [-0.3, -0.25) is 4.90 Å². The smallest absolute Gasteiger partial charge is 0.194 e. The summed E-state index contributed by atoms with van der Waals surface area (Å²) in [6, 6.07) is 2.38. The van der Waals surface area contributed by atoms with E-state index in [4.69, 9.17) is 4.74 Å². The molecule has 1 saturated heterocycles. The predicted molar refractivity (Wildman–Crippen MR) is 70.8 cm³/mol. The molecule has 1 aromatic carbocycles. The van der Waals surface area contributed by atoms with Crippen molar-refractivity contribution in [2.24, 2.45) is 5.92 Å². The van der Waals surface area contributed by atoms with Crippen LogP contribution in [0.2, 0.25) is 0 Å². The highest BCUT2D eigenvalue weighted by Crippen LogP contribution is 2.19. The number of hydrogen-bond acceptors (Lipinski definition) is 2. The average Bonchev–Trinajstić information content (AvgIpc) is 2.88. The minimum atomic E-state index is -1.41. The largest absolute Gasteiger partial charge is 0.381 e. The van der Waals surface area contributed by atoms with E-state index in [0.29, 0.717) is 18.0 Å². The van der Waals surface area contributed by atoms with Gasteiger partial charge in [-0.1, -0.05) is 0 Å². The van der Waals surface area contributed by atoms with Crippen LogP contribution in [-0.2, 0) is 11.3 Å². The molecular weight excluding hydrogens is 267 g/mol. The van der Waals surface area contributed by atoms with Crippen molar-refractivity contribution in [1.29, 1.82) is 0 Å². The van der Waals surface area contributed by atoms with Crippen LogP contribution in [-0.4, -0.2) is 30.7 Å². The summed E-state index contributed by atoms with van der Waals surface area (Å²) in [5.74, 6) is -3.22. The second kappa shape index (κ2) is 6.59. The maximum absolute atomic E-state index is 13.2. The monoisotopic (exact) mass is 287 g/mol. The number of halogens is 3. The molecule has 0 spiro atoms. The zero-order valence-corrected chi connectivity index (χ0v) is 11.8. The molecule has 0 radical (unpaired) electrons. The van der Waals surface area contributed by atoms with Gasteiger partial charge in [-0.25, -0.2) is 13.2 Å². The standard InChI is InChI=1S/C15H20F3NO/c1-10(2)19(7-11-3-4-20-9-11)8-12-5-13(16)15(18)14(17)6-12/h5-6,10-11H,3-4,7-9H2,1-2H3. The number of nitrogens with zero attached hydrogens (tertiary/aromatic N) is 1. The molecule has 1 aliphatic heterocycles. The third kappa shape index (κ3) is 3.73. The molecular formula is C15H20F3NO. The van der Waals surface area contributed by atoms with Crippen molar-refractivity contribution in [2.45, 2.75) is 32.9 Å². The Morgan fingerprint density at radius 3 is 2.40 bits per heavy atom. The van der Waals surface area contributed by atoms with Gasteiger partial charge in [-0.2, -0.15) is 0 Å². The van der Waals surface area contributed by atoms with Crippen molar-refractivity contribution in [3.05, 3.63) is 35.1 Å². The summed E-state index contributed by atoms with van der Waals surface area (Å²) in [6.07, 6.45) is 1.01. The van der Waals surface area contributed by atoms with E-state index in [2.05, 4.69) is 4.90 Å². The highest BCUT2D eigenvalue weighted by Gasteiger charge is 2.21. The molecule has 0 aliphatic carbocycles. The summed E-state index contributed by atoms with van der Waals surface area (Å²) in [5.41, 5.74) is 0.453. The SMILES string of the molecule is CC(C)N(Cc1cc(F)c(F)c(F)c1)CC1CCOC1. The Bertz CT molecular complexity index is 435.